The lowest BCUT2D eigenvalue weighted by Gasteiger charge is -2.09. The van der Waals surface area contributed by atoms with Gasteiger partial charge in [0.15, 0.2) is 0 Å². The Morgan fingerprint density at radius 1 is 1.07 bits per heavy atom. The average molecular weight is 390 g/mol. The third-order valence-electron chi connectivity index (χ3n) is 4.04. The highest BCUT2D eigenvalue weighted by molar-refractivity contribution is 5.89. The lowest BCUT2D eigenvalue weighted by Crippen LogP contribution is -2.03. The van der Waals surface area contributed by atoms with Crippen molar-refractivity contribution in [1.29, 1.82) is 0 Å². The van der Waals surface area contributed by atoms with Gasteiger partial charge in [-0.05, 0) is 49.7 Å². The van der Waals surface area contributed by atoms with Crippen molar-refractivity contribution in [2.75, 3.05) is 12.5 Å². The summed E-state index contributed by atoms with van der Waals surface area (Å²) in [6.07, 6.45) is 1.66. The van der Waals surface area contributed by atoms with Crippen molar-refractivity contribution in [2.45, 2.75) is 20.5 Å². The van der Waals surface area contributed by atoms with Crippen LogP contribution in [-0.2, 0) is 11.3 Å². The summed E-state index contributed by atoms with van der Waals surface area (Å²) in [7, 11) is 1.36. The first kappa shape index (κ1) is 20.0. The highest BCUT2D eigenvalue weighted by Gasteiger charge is 2.06. The number of carbonyl (C=O) groups excluding carboxylic acids is 1. The number of carbonyl (C=O) groups is 1. The molecule has 7 heteroatoms. The second-order valence-electron chi connectivity index (χ2n) is 6.36. The predicted molar refractivity (Wildman–Crippen MR) is 111 cm³/mol. The van der Waals surface area contributed by atoms with E-state index >= 15 is 0 Å². The summed E-state index contributed by atoms with van der Waals surface area (Å²) in [5, 5.41) is 4.22. The van der Waals surface area contributed by atoms with Gasteiger partial charge in [0.25, 0.3) is 0 Å². The fourth-order valence-corrected chi connectivity index (χ4v) is 2.67. The van der Waals surface area contributed by atoms with Crippen LogP contribution in [0.4, 0.5) is 5.95 Å². The van der Waals surface area contributed by atoms with E-state index in [0.717, 1.165) is 22.5 Å². The van der Waals surface area contributed by atoms with E-state index in [1.807, 2.05) is 56.3 Å². The molecule has 3 rings (SSSR count). The van der Waals surface area contributed by atoms with E-state index in [0.29, 0.717) is 23.9 Å². The number of rotatable bonds is 7. The van der Waals surface area contributed by atoms with E-state index in [9.17, 15) is 4.79 Å². The molecule has 0 radical (unpaired) electrons. The molecule has 1 aromatic heterocycles. The zero-order chi connectivity index (χ0) is 20.6. The standard InChI is InChI=1S/C22H22N4O3/c1-15-12-16(2)25-22(24-15)26-23-13-19-6-4-5-7-20(19)29-14-17-8-10-18(11-9-17)21(27)28-3/h4-13H,14H2,1-3H3,(H,24,25,26)/b23-13-. The van der Waals surface area contributed by atoms with Gasteiger partial charge in [-0.15, -0.1) is 0 Å². The molecule has 7 nitrogen and oxygen atoms in total. The van der Waals surface area contributed by atoms with Crippen LogP contribution >= 0.6 is 0 Å². The Kier molecular flexibility index (Phi) is 6.52. The number of para-hydroxylation sites is 1. The Morgan fingerprint density at radius 3 is 2.45 bits per heavy atom. The highest BCUT2D eigenvalue weighted by Crippen LogP contribution is 2.18. The number of aromatic nitrogens is 2. The van der Waals surface area contributed by atoms with Gasteiger partial charge < -0.3 is 9.47 Å². The van der Waals surface area contributed by atoms with Crippen LogP contribution in [0.1, 0.15) is 32.9 Å². The molecular formula is C22H22N4O3. The van der Waals surface area contributed by atoms with Gasteiger partial charge in [-0.2, -0.15) is 5.10 Å². The van der Waals surface area contributed by atoms with Crippen molar-refractivity contribution < 1.29 is 14.3 Å². The lowest BCUT2D eigenvalue weighted by atomic mass is 10.1. The van der Waals surface area contributed by atoms with E-state index in [1.165, 1.54) is 7.11 Å². The topological polar surface area (TPSA) is 85.7 Å². The summed E-state index contributed by atoms with van der Waals surface area (Å²) in [6.45, 7) is 4.18. The monoisotopic (exact) mass is 390 g/mol. The quantitative estimate of drug-likeness (QED) is 0.374. The van der Waals surface area contributed by atoms with Crippen molar-refractivity contribution in [3.8, 4) is 5.75 Å². The number of ether oxygens (including phenoxy) is 2. The molecule has 29 heavy (non-hydrogen) atoms. The summed E-state index contributed by atoms with van der Waals surface area (Å²) in [5.41, 5.74) is 6.85. The minimum atomic E-state index is -0.362. The first-order valence-electron chi connectivity index (χ1n) is 9.05. The van der Waals surface area contributed by atoms with Crippen LogP contribution in [0.3, 0.4) is 0 Å². The van der Waals surface area contributed by atoms with Gasteiger partial charge in [0.05, 0.1) is 18.9 Å². The second kappa shape index (κ2) is 9.45. The highest BCUT2D eigenvalue weighted by atomic mass is 16.5. The summed E-state index contributed by atoms with van der Waals surface area (Å²) in [6, 6.07) is 16.6. The zero-order valence-corrected chi connectivity index (χ0v) is 16.5. The van der Waals surface area contributed by atoms with Gasteiger partial charge >= 0.3 is 5.97 Å². The molecule has 2 aromatic carbocycles. The van der Waals surface area contributed by atoms with Gasteiger partial charge in [0.2, 0.25) is 5.95 Å². The Morgan fingerprint density at radius 2 is 1.76 bits per heavy atom. The Labute approximate surface area is 169 Å². The number of benzene rings is 2. The molecule has 0 aliphatic rings. The van der Waals surface area contributed by atoms with Crippen LogP contribution in [0.25, 0.3) is 0 Å². The normalized spacial score (nSPS) is 10.7. The molecule has 0 aliphatic carbocycles. The van der Waals surface area contributed by atoms with E-state index in [-0.39, 0.29) is 5.97 Å². The molecule has 0 fully saturated rings. The third kappa shape index (κ3) is 5.62. The van der Waals surface area contributed by atoms with Crippen LogP contribution in [0.15, 0.2) is 59.7 Å². The number of hydrogen-bond donors (Lipinski definition) is 1. The molecule has 1 N–H and O–H groups in total. The SMILES string of the molecule is COC(=O)c1ccc(COc2ccccc2/C=N\Nc2nc(C)cc(C)n2)cc1. The first-order chi connectivity index (χ1) is 14.0. The maximum atomic E-state index is 11.5. The summed E-state index contributed by atoms with van der Waals surface area (Å²) >= 11 is 0. The summed E-state index contributed by atoms with van der Waals surface area (Å²) in [5.74, 6) is 0.776. The molecule has 0 unspecified atom stereocenters. The fraction of sp³-hybridized carbons (Fsp3) is 0.182. The predicted octanol–water partition coefficient (Wildman–Crippen LogP) is 3.91. The Balaban J connectivity index is 1.65. The number of hydrogen-bond acceptors (Lipinski definition) is 7. The molecule has 0 bridgehead atoms. The van der Waals surface area contributed by atoms with Crippen LogP contribution in [-0.4, -0.2) is 29.3 Å². The molecule has 0 saturated carbocycles. The zero-order valence-electron chi connectivity index (χ0n) is 16.5. The number of hydrazone groups is 1. The number of aryl methyl sites for hydroxylation is 2. The summed E-state index contributed by atoms with van der Waals surface area (Å²) < 4.78 is 10.6. The number of nitrogens with zero attached hydrogens (tertiary/aromatic N) is 3. The molecule has 0 saturated heterocycles. The van der Waals surface area contributed by atoms with Gasteiger partial charge in [0.1, 0.15) is 12.4 Å². The smallest absolute Gasteiger partial charge is 0.337 e. The van der Waals surface area contributed by atoms with Crippen LogP contribution in [0, 0.1) is 13.8 Å². The summed E-state index contributed by atoms with van der Waals surface area (Å²) in [4.78, 5) is 20.1. The van der Waals surface area contributed by atoms with Crippen molar-refractivity contribution in [3.05, 3.63) is 82.7 Å². The number of methoxy groups -OCH3 is 1. The molecule has 0 spiro atoms. The van der Waals surface area contributed by atoms with Crippen molar-refractivity contribution in [3.63, 3.8) is 0 Å². The number of nitrogens with one attached hydrogen (secondary N) is 1. The van der Waals surface area contributed by atoms with Gasteiger partial charge in [-0.25, -0.2) is 20.2 Å². The molecule has 1 heterocycles. The van der Waals surface area contributed by atoms with E-state index < -0.39 is 0 Å². The minimum Gasteiger partial charge on any atom is -0.488 e. The molecular weight excluding hydrogens is 368 g/mol. The number of esters is 1. The number of anilines is 1. The van der Waals surface area contributed by atoms with Gasteiger partial charge in [-0.1, -0.05) is 24.3 Å². The second-order valence-corrected chi connectivity index (χ2v) is 6.36. The molecule has 3 aromatic rings. The maximum Gasteiger partial charge on any atom is 0.337 e. The van der Waals surface area contributed by atoms with E-state index in [4.69, 9.17) is 9.47 Å². The van der Waals surface area contributed by atoms with Crippen molar-refractivity contribution in [2.24, 2.45) is 5.10 Å². The van der Waals surface area contributed by atoms with E-state index in [2.05, 4.69) is 20.5 Å². The minimum absolute atomic E-state index is 0.361. The lowest BCUT2D eigenvalue weighted by molar-refractivity contribution is 0.0600. The average Bonchev–Trinajstić information content (AvgIpc) is 2.72. The van der Waals surface area contributed by atoms with Gasteiger partial charge in [-0.3, -0.25) is 0 Å². The Hall–Kier alpha value is -3.74. The molecule has 148 valence electrons. The molecule has 0 amide bonds. The molecule has 0 aliphatic heterocycles. The fourth-order valence-electron chi connectivity index (χ4n) is 2.67. The van der Waals surface area contributed by atoms with E-state index in [1.54, 1.807) is 18.3 Å². The Bertz CT molecular complexity index is 997. The van der Waals surface area contributed by atoms with Crippen LogP contribution in [0.5, 0.6) is 5.75 Å². The van der Waals surface area contributed by atoms with Crippen LogP contribution in [0.2, 0.25) is 0 Å². The maximum absolute atomic E-state index is 11.5. The van der Waals surface area contributed by atoms with Crippen molar-refractivity contribution in [1.82, 2.24) is 9.97 Å². The van der Waals surface area contributed by atoms with Crippen LogP contribution < -0.4 is 10.2 Å². The van der Waals surface area contributed by atoms with Gasteiger partial charge in [0, 0.05) is 17.0 Å². The first-order valence-corrected chi connectivity index (χ1v) is 9.05. The largest absolute Gasteiger partial charge is 0.488 e. The molecule has 0 atom stereocenters. The van der Waals surface area contributed by atoms with Crippen molar-refractivity contribution >= 4 is 18.1 Å². The third-order valence-corrected chi connectivity index (χ3v) is 4.04.